The monoisotopic (exact) mass is 420 g/mol. The largest absolute Gasteiger partial charge is 0.458 e. The van der Waals surface area contributed by atoms with Crippen molar-refractivity contribution < 1.29 is 18.5 Å². The molecule has 2 saturated heterocycles. The summed E-state index contributed by atoms with van der Waals surface area (Å²) in [4.78, 5) is 24.5. The topological polar surface area (TPSA) is 93.7 Å². The smallest absolute Gasteiger partial charge is 0.309 e. The molecule has 5 rings (SSSR count). The summed E-state index contributed by atoms with van der Waals surface area (Å²) >= 11 is 0. The molecule has 158 valence electrons. The van der Waals surface area contributed by atoms with E-state index >= 15 is 0 Å². The Hall–Kier alpha value is -1.74. The molecule has 3 fully saturated rings. The Bertz CT molecular complexity index is 802. The van der Waals surface area contributed by atoms with Gasteiger partial charge in [-0.05, 0) is 25.7 Å². The van der Waals surface area contributed by atoms with Gasteiger partial charge < -0.3 is 19.7 Å². The number of aryl methyl sites for hydroxylation is 1. The van der Waals surface area contributed by atoms with Crippen LogP contribution in [-0.4, -0.2) is 64.3 Å². The molecule has 4 heterocycles. The maximum Gasteiger partial charge on any atom is 0.309 e. The number of nitrogens with zero attached hydrogens (tertiary/aromatic N) is 3. The van der Waals surface area contributed by atoms with E-state index in [2.05, 4.69) is 10.3 Å². The lowest BCUT2D eigenvalue weighted by molar-refractivity contribution is -0.155. The van der Waals surface area contributed by atoms with Crippen molar-refractivity contribution in [2.45, 2.75) is 62.0 Å². The number of carbonyl (C=O) groups excluding carboxylic acids is 1. The molecular formula is C20H28N4O4S. The average molecular weight is 421 g/mol. The van der Waals surface area contributed by atoms with Crippen molar-refractivity contribution in [2.24, 2.45) is 5.92 Å². The van der Waals surface area contributed by atoms with Crippen molar-refractivity contribution >= 4 is 28.5 Å². The van der Waals surface area contributed by atoms with Crippen LogP contribution in [-0.2, 0) is 31.5 Å². The highest BCUT2D eigenvalue weighted by Gasteiger charge is 2.36. The summed E-state index contributed by atoms with van der Waals surface area (Å²) in [7, 11) is -1.04. The van der Waals surface area contributed by atoms with Gasteiger partial charge in [-0.3, -0.25) is 9.00 Å². The number of hydrogen-bond donors (Lipinski definition) is 1. The molecule has 0 spiro atoms. The summed E-state index contributed by atoms with van der Waals surface area (Å²) in [6, 6.07) is 0.282. The van der Waals surface area contributed by atoms with Gasteiger partial charge in [0.2, 0.25) is 5.95 Å². The third-order valence-electron chi connectivity index (χ3n) is 6.34. The first-order valence-electron chi connectivity index (χ1n) is 10.8. The van der Waals surface area contributed by atoms with E-state index in [9.17, 15) is 9.00 Å². The Morgan fingerprint density at radius 2 is 1.90 bits per heavy atom. The zero-order valence-corrected chi connectivity index (χ0v) is 17.4. The minimum atomic E-state index is -1.04. The van der Waals surface area contributed by atoms with Gasteiger partial charge in [0.1, 0.15) is 16.8 Å². The van der Waals surface area contributed by atoms with Crippen LogP contribution in [0.15, 0.2) is 4.90 Å². The lowest BCUT2D eigenvalue weighted by atomic mass is 10.1. The number of rotatable bonds is 5. The highest BCUT2D eigenvalue weighted by Crippen LogP contribution is 2.33. The molecule has 8 nitrogen and oxygen atoms in total. The van der Waals surface area contributed by atoms with Crippen molar-refractivity contribution in [3.8, 4) is 0 Å². The fraction of sp³-hybridized carbons (Fsp3) is 0.750. The second-order valence-electron chi connectivity index (χ2n) is 8.42. The van der Waals surface area contributed by atoms with Gasteiger partial charge in [0, 0.05) is 31.4 Å². The summed E-state index contributed by atoms with van der Waals surface area (Å²) in [5, 5.41) is 3.50. The van der Waals surface area contributed by atoms with Crippen LogP contribution in [0.1, 0.15) is 44.2 Å². The van der Waals surface area contributed by atoms with Crippen LogP contribution in [0.2, 0.25) is 0 Å². The van der Waals surface area contributed by atoms with Crippen molar-refractivity contribution in [3.63, 3.8) is 0 Å². The fourth-order valence-corrected chi connectivity index (χ4v) is 5.87. The third-order valence-corrected chi connectivity index (χ3v) is 7.80. The molecule has 1 aromatic heterocycles. The van der Waals surface area contributed by atoms with Gasteiger partial charge in [0.15, 0.2) is 0 Å². The molecule has 9 heteroatoms. The SMILES string of the molecule is O=C(OC1CN(c2nc3c(c(NC4CCOCC4)n2)[S@@](=O)CC3)C1)C1CCCC1. The van der Waals surface area contributed by atoms with Crippen LogP contribution in [0.4, 0.5) is 11.8 Å². The summed E-state index contributed by atoms with van der Waals surface area (Å²) < 4.78 is 23.6. The molecule has 1 aromatic rings. The molecule has 0 unspecified atom stereocenters. The second kappa shape index (κ2) is 8.18. The quantitative estimate of drug-likeness (QED) is 0.719. The lowest BCUT2D eigenvalue weighted by Crippen LogP contribution is -2.54. The van der Waals surface area contributed by atoms with E-state index in [1.165, 1.54) is 0 Å². The Labute approximate surface area is 173 Å². The zero-order chi connectivity index (χ0) is 19.8. The first-order valence-corrected chi connectivity index (χ1v) is 12.1. The molecular weight excluding hydrogens is 392 g/mol. The zero-order valence-electron chi connectivity index (χ0n) is 16.6. The van der Waals surface area contributed by atoms with Crippen LogP contribution >= 0.6 is 0 Å². The Morgan fingerprint density at radius 3 is 2.66 bits per heavy atom. The van der Waals surface area contributed by atoms with Gasteiger partial charge in [0.25, 0.3) is 0 Å². The molecule has 0 radical (unpaired) electrons. The molecule has 29 heavy (non-hydrogen) atoms. The van der Waals surface area contributed by atoms with Gasteiger partial charge in [-0.25, -0.2) is 4.98 Å². The normalized spacial score (nSPS) is 25.7. The number of hydrogen-bond acceptors (Lipinski definition) is 8. The number of ether oxygens (including phenoxy) is 2. The van der Waals surface area contributed by atoms with Crippen LogP contribution < -0.4 is 10.2 Å². The van der Waals surface area contributed by atoms with Gasteiger partial charge in [-0.15, -0.1) is 0 Å². The third kappa shape index (κ3) is 3.99. The van der Waals surface area contributed by atoms with Crippen molar-refractivity contribution in [1.29, 1.82) is 0 Å². The highest BCUT2D eigenvalue weighted by molar-refractivity contribution is 7.85. The van der Waals surface area contributed by atoms with E-state index in [1.807, 2.05) is 4.90 Å². The molecule has 3 aliphatic heterocycles. The molecule has 1 saturated carbocycles. The Kier molecular flexibility index (Phi) is 5.43. The number of aromatic nitrogens is 2. The van der Waals surface area contributed by atoms with Gasteiger partial charge >= 0.3 is 5.97 Å². The van der Waals surface area contributed by atoms with Crippen molar-refractivity contribution in [2.75, 3.05) is 42.3 Å². The lowest BCUT2D eigenvalue weighted by Gasteiger charge is -2.39. The minimum Gasteiger partial charge on any atom is -0.458 e. The number of carbonyl (C=O) groups is 1. The van der Waals surface area contributed by atoms with Crippen LogP contribution in [0, 0.1) is 5.92 Å². The fourth-order valence-electron chi connectivity index (χ4n) is 4.56. The maximum atomic E-state index is 12.5. The number of anilines is 2. The first kappa shape index (κ1) is 19.2. The summed E-state index contributed by atoms with van der Waals surface area (Å²) in [6.07, 6.45) is 6.65. The molecule has 1 aliphatic carbocycles. The van der Waals surface area contributed by atoms with E-state index in [1.54, 1.807) is 0 Å². The van der Waals surface area contributed by atoms with Gasteiger partial charge in [-0.1, -0.05) is 12.8 Å². The molecule has 1 N–H and O–H groups in total. The average Bonchev–Trinajstić information content (AvgIpc) is 3.35. The van der Waals surface area contributed by atoms with E-state index < -0.39 is 10.8 Å². The van der Waals surface area contributed by atoms with Gasteiger partial charge in [0.05, 0.1) is 35.5 Å². The summed E-state index contributed by atoms with van der Waals surface area (Å²) in [5.41, 5.74) is 0.884. The number of esters is 1. The first-order chi connectivity index (χ1) is 14.2. The second-order valence-corrected chi connectivity index (χ2v) is 9.93. The Balaban J connectivity index is 1.26. The van der Waals surface area contributed by atoms with E-state index in [0.29, 0.717) is 37.0 Å². The van der Waals surface area contributed by atoms with E-state index in [4.69, 9.17) is 14.5 Å². The Morgan fingerprint density at radius 1 is 1.14 bits per heavy atom. The predicted octanol–water partition coefficient (Wildman–Crippen LogP) is 1.65. The molecule has 4 aliphatic rings. The van der Waals surface area contributed by atoms with Crippen molar-refractivity contribution in [1.82, 2.24) is 9.97 Å². The van der Waals surface area contributed by atoms with Crippen molar-refractivity contribution in [3.05, 3.63) is 5.69 Å². The maximum absolute atomic E-state index is 12.5. The molecule has 0 amide bonds. The van der Waals surface area contributed by atoms with E-state index in [-0.39, 0.29) is 24.0 Å². The van der Waals surface area contributed by atoms with Crippen LogP contribution in [0.25, 0.3) is 0 Å². The summed E-state index contributed by atoms with van der Waals surface area (Å²) in [5.74, 6) is 2.01. The molecule has 1 atom stereocenters. The summed E-state index contributed by atoms with van der Waals surface area (Å²) in [6.45, 7) is 2.72. The molecule has 0 aromatic carbocycles. The van der Waals surface area contributed by atoms with Crippen LogP contribution in [0.5, 0.6) is 0 Å². The number of nitrogens with one attached hydrogen (secondary N) is 1. The number of fused-ring (bicyclic) bond motifs is 1. The molecule has 0 bridgehead atoms. The van der Waals surface area contributed by atoms with Gasteiger partial charge in [-0.2, -0.15) is 4.98 Å². The van der Waals surface area contributed by atoms with Crippen LogP contribution in [0.3, 0.4) is 0 Å². The highest BCUT2D eigenvalue weighted by atomic mass is 32.2. The minimum absolute atomic E-state index is 0.0423. The predicted molar refractivity (Wildman–Crippen MR) is 109 cm³/mol. The van der Waals surface area contributed by atoms with E-state index in [0.717, 1.165) is 62.3 Å². The standard InChI is InChI=1S/C20H28N4O4S/c25-19(13-3-1-2-4-13)28-15-11-24(12-15)20-22-16-7-10-29(26)17(16)18(23-20)21-14-5-8-27-9-6-14/h13-15H,1-12H2,(H,21,22,23)/t29-/m0/s1.